The highest BCUT2D eigenvalue weighted by Crippen LogP contribution is 2.09. The Morgan fingerprint density at radius 3 is 2.76 bits per heavy atom. The van der Waals surface area contributed by atoms with Gasteiger partial charge in [0.05, 0.1) is 5.69 Å². The number of benzene rings is 1. The highest BCUT2D eigenvalue weighted by molar-refractivity contribution is 5.18. The van der Waals surface area contributed by atoms with Crippen LogP contribution in [0.2, 0.25) is 0 Å². The molecule has 0 amide bonds. The second-order valence-electron chi connectivity index (χ2n) is 3.77. The van der Waals surface area contributed by atoms with Crippen molar-refractivity contribution in [1.82, 2.24) is 10.5 Å². The normalized spacial score (nSPS) is 10.8. The highest BCUT2D eigenvalue weighted by Gasteiger charge is 2.04. The van der Waals surface area contributed by atoms with Crippen molar-refractivity contribution in [2.75, 3.05) is 0 Å². The van der Waals surface area contributed by atoms with Crippen LogP contribution in [0.25, 0.3) is 0 Å². The zero-order valence-corrected chi connectivity index (χ0v) is 9.34. The molecule has 0 spiro atoms. The molecule has 3 nitrogen and oxygen atoms in total. The van der Waals surface area contributed by atoms with E-state index in [1.54, 1.807) is 13.0 Å². The lowest BCUT2D eigenvalue weighted by Crippen LogP contribution is -2.14. The Morgan fingerprint density at radius 2 is 2.06 bits per heavy atom. The van der Waals surface area contributed by atoms with Gasteiger partial charge in [0, 0.05) is 24.7 Å². The van der Waals surface area contributed by atoms with Gasteiger partial charge in [0.15, 0.2) is 0 Å². The summed E-state index contributed by atoms with van der Waals surface area (Å²) in [5.74, 6) is -0.144. The molecule has 1 heterocycles. The van der Waals surface area contributed by atoms with Gasteiger partial charge in [0.1, 0.15) is 17.4 Å². The Morgan fingerprint density at radius 1 is 1.24 bits per heavy atom. The summed E-state index contributed by atoms with van der Waals surface area (Å²) in [6, 6.07) is 5.18. The van der Waals surface area contributed by atoms with E-state index < -0.39 is 11.6 Å². The molecule has 0 radical (unpaired) electrons. The topological polar surface area (TPSA) is 38.1 Å². The number of aryl methyl sites for hydroxylation is 1. The summed E-state index contributed by atoms with van der Waals surface area (Å²) >= 11 is 0. The summed E-state index contributed by atoms with van der Waals surface area (Å²) in [5.41, 5.74) is 1.03. The standard InChI is InChI=1S/C12H12F2N2O/c1-8-4-11(16-17-8)7-15-6-9-5-10(13)2-3-12(9)14/h2-5,15H,6-7H2,1H3. The maximum absolute atomic E-state index is 13.3. The third kappa shape index (κ3) is 3.10. The molecule has 0 atom stereocenters. The van der Waals surface area contributed by atoms with Gasteiger partial charge in [-0.05, 0) is 25.1 Å². The van der Waals surface area contributed by atoms with Crippen LogP contribution in [-0.2, 0) is 13.1 Å². The van der Waals surface area contributed by atoms with Crippen molar-refractivity contribution in [1.29, 1.82) is 0 Å². The third-order valence-electron chi connectivity index (χ3n) is 2.31. The van der Waals surface area contributed by atoms with Crippen molar-refractivity contribution in [3.63, 3.8) is 0 Å². The lowest BCUT2D eigenvalue weighted by atomic mass is 10.2. The molecule has 0 aliphatic carbocycles. The fourth-order valence-electron chi connectivity index (χ4n) is 1.51. The average molecular weight is 238 g/mol. The molecule has 0 bridgehead atoms. The van der Waals surface area contributed by atoms with Gasteiger partial charge in [-0.3, -0.25) is 0 Å². The van der Waals surface area contributed by atoms with E-state index in [1.165, 1.54) is 6.07 Å². The van der Waals surface area contributed by atoms with Gasteiger partial charge in [-0.25, -0.2) is 8.78 Å². The summed E-state index contributed by atoms with van der Waals surface area (Å²) < 4.78 is 31.0. The minimum absolute atomic E-state index is 0.246. The van der Waals surface area contributed by atoms with Crippen LogP contribution in [0, 0.1) is 18.6 Å². The predicted molar refractivity (Wildman–Crippen MR) is 58.1 cm³/mol. The van der Waals surface area contributed by atoms with Crippen LogP contribution in [0.3, 0.4) is 0 Å². The first-order valence-electron chi connectivity index (χ1n) is 5.22. The van der Waals surface area contributed by atoms with Crippen molar-refractivity contribution in [3.05, 3.63) is 52.9 Å². The molecule has 0 saturated carbocycles. The lowest BCUT2D eigenvalue weighted by Gasteiger charge is -2.04. The summed E-state index contributed by atoms with van der Waals surface area (Å²) in [6.07, 6.45) is 0. The van der Waals surface area contributed by atoms with Gasteiger partial charge in [0.25, 0.3) is 0 Å². The number of rotatable bonds is 4. The minimum Gasteiger partial charge on any atom is -0.361 e. The van der Waals surface area contributed by atoms with Gasteiger partial charge in [0.2, 0.25) is 0 Å². The van der Waals surface area contributed by atoms with Crippen molar-refractivity contribution in [2.24, 2.45) is 0 Å². The molecule has 0 unspecified atom stereocenters. The molecular weight excluding hydrogens is 226 g/mol. The molecular formula is C12H12F2N2O. The van der Waals surface area contributed by atoms with E-state index in [0.717, 1.165) is 23.6 Å². The zero-order valence-electron chi connectivity index (χ0n) is 9.34. The second kappa shape index (κ2) is 5.05. The molecule has 17 heavy (non-hydrogen) atoms. The molecule has 1 aromatic heterocycles. The van der Waals surface area contributed by atoms with Crippen LogP contribution < -0.4 is 5.32 Å². The Balaban J connectivity index is 1.91. The minimum atomic E-state index is -0.444. The van der Waals surface area contributed by atoms with Crippen LogP contribution in [-0.4, -0.2) is 5.16 Å². The van der Waals surface area contributed by atoms with E-state index in [4.69, 9.17) is 4.52 Å². The van der Waals surface area contributed by atoms with Crippen LogP contribution in [0.5, 0.6) is 0 Å². The Hall–Kier alpha value is -1.75. The fourth-order valence-corrected chi connectivity index (χ4v) is 1.51. The SMILES string of the molecule is Cc1cc(CNCc2cc(F)ccc2F)no1. The van der Waals surface area contributed by atoms with E-state index in [1.807, 2.05) is 0 Å². The maximum atomic E-state index is 13.3. The summed E-state index contributed by atoms with van der Waals surface area (Å²) in [5, 5.41) is 6.75. The van der Waals surface area contributed by atoms with Crippen LogP contribution in [0.4, 0.5) is 8.78 Å². The molecule has 5 heteroatoms. The largest absolute Gasteiger partial charge is 0.361 e. The van der Waals surface area contributed by atoms with Crippen LogP contribution in [0.15, 0.2) is 28.8 Å². The van der Waals surface area contributed by atoms with E-state index in [9.17, 15) is 8.78 Å². The molecule has 0 aliphatic heterocycles. The van der Waals surface area contributed by atoms with Gasteiger partial charge >= 0.3 is 0 Å². The van der Waals surface area contributed by atoms with Crippen molar-refractivity contribution in [3.8, 4) is 0 Å². The number of aromatic nitrogens is 1. The first kappa shape index (κ1) is 11.7. The van der Waals surface area contributed by atoms with Gasteiger partial charge in [-0.15, -0.1) is 0 Å². The number of hydrogen-bond donors (Lipinski definition) is 1. The number of hydrogen-bond acceptors (Lipinski definition) is 3. The van der Waals surface area contributed by atoms with Crippen LogP contribution in [0.1, 0.15) is 17.0 Å². The number of nitrogens with one attached hydrogen (secondary N) is 1. The van der Waals surface area contributed by atoms with E-state index in [0.29, 0.717) is 12.1 Å². The Kier molecular flexibility index (Phi) is 3.49. The monoisotopic (exact) mass is 238 g/mol. The molecule has 1 N–H and O–H groups in total. The van der Waals surface area contributed by atoms with Gasteiger partial charge in [-0.2, -0.15) is 0 Å². The quantitative estimate of drug-likeness (QED) is 0.889. The smallest absolute Gasteiger partial charge is 0.133 e. The second-order valence-corrected chi connectivity index (χ2v) is 3.77. The molecule has 0 fully saturated rings. The first-order valence-corrected chi connectivity index (χ1v) is 5.22. The van der Waals surface area contributed by atoms with E-state index >= 15 is 0 Å². The van der Waals surface area contributed by atoms with Gasteiger partial charge in [-0.1, -0.05) is 5.16 Å². The Bertz CT molecular complexity index is 511. The number of halogens is 2. The van der Waals surface area contributed by atoms with Crippen molar-refractivity contribution >= 4 is 0 Å². The van der Waals surface area contributed by atoms with E-state index in [2.05, 4.69) is 10.5 Å². The maximum Gasteiger partial charge on any atom is 0.133 e. The summed E-state index contributed by atoms with van der Waals surface area (Å²) in [6.45, 7) is 2.49. The fraction of sp³-hybridized carbons (Fsp3) is 0.250. The number of nitrogens with zero attached hydrogens (tertiary/aromatic N) is 1. The predicted octanol–water partition coefficient (Wildman–Crippen LogP) is 2.55. The zero-order chi connectivity index (χ0) is 12.3. The third-order valence-corrected chi connectivity index (χ3v) is 2.31. The average Bonchev–Trinajstić information content (AvgIpc) is 2.69. The molecule has 90 valence electrons. The van der Waals surface area contributed by atoms with Crippen LogP contribution >= 0.6 is 0 Å². The summed E-state index contributed by atoms with van der Waals surface area (Å²) in [7, 11) is 0. The molecule has 0 saturated heterocycles. The molecule has 2 aromatic rings. The lowest BCUT2D eigenvalue weighted by molar-refractivity contribution is 0.388. The summed E-state index contributed by atoms with van der Waals surface area (Å²) in [4.78, 5) is 0. The molecule has 1 aromatic carbocycles. The first-order chi connectivity index (χ1) is 8.15. The van der Waals surface area contributed by atoms with Crippen molar-refractivity contribution in [2.45, 2.75) is 20.0 Å². The highest BCUT2D eigenvalue weighted by atomic mass is 19.1. The van der Waals surface area contributed by atoms with Crippen molar-refractivity contribution < 1.29 is 13.3 Å². The molecule has 2 rings (SSSR count). The van der Waals surface area contributed by atoms with Gasteiger partial charge < -0.3 is 9.84 Å². The Labute approximate surface area is 97.4 Å². The van der Waals surface area contributed by atoms with E-state index in [-0.39, 0.29) is 6.54 Å². The molecule has 0 aliphatic rings.